The average molecular weight is 241 g/mol. The monoisotopic (exact) mass is 240 g/mol. The Bertz CT molecular complexity index is 283. The minimum Gasteiger partial charge on any atom is -0.211 e. The Morgan fingerprint density at radius 3 is 1.36 bits per heavy atom. The van der Waals surface area contributed by atoms with Crippen molar-refractivity contribution >= 4 is 39.5 Å². The summed E-state index contributed by atoms with van der Waals surface area (Å²) in [5.41, 5.74) is 0. The topological polar surface area (TPSA) is 68.3 Å². The summed E-state index contributed by atoms with van der Waals surface area (Å²) < 4.78 is 40.3. The second kappa shape index (κ2) is 3.47. The Kier molecular flexibility index (Phi) is 3.62. The molecule has 0 atom stereocenters. The number of hydrogen-bond acceptors (Lipinski definition) is 4. The summed E-state index contributed by atoms with van der Waals surface area (Å²) in [6.07, 6.45) is -0.155. The second-order valence-electron chi connectivity index (χ2n) is 1.79. The zero-order chi connectivity index (χ0) is 9.28. The molecule has 0 saturated carbocycles. The van der Waals surface area contributed by atoms with E-state index < -0.39 is 22.7 Å². The number of rotatable bonds is 3. The molecule has 0 bridgehead atoms. The molecule has 0 aromatic heterocycles. The summed E-state index contributed by atoms with van der Waals surface area (Å²) in [4.78, 5) is 0. The smallest absolute Gasteiger partial charge is 0.211 e. The summed E-state index contributed by atoms with van der Waals surface area (Å²) in [6.45, 7) is 1.37. The summed E-state index contributed by atoms with van der Waals surface area (Å²) in [5, 5.41) is 0. The predicted molar refractivity (Wildman–Crippen MR) is 43.6 cm³/mol. The van der Waals surface area contributed by atoms with Gasteiger partial charge in [0.2, 0.25) is 0 Å². The molecule has 4 nitrogen and oxygen atoms in total. The molecule has 11 heavy (non-hydrogen) atoms. The lowest BCUT2D eigenvalue weighted by Crippen LogP contribution is -2.21. The quantitative estimate of drug-likeness (QED) is 0.687. The van der Waals surface area contributed by atoms with E-state index in [1.807, 2.05) is 0 Å². The predicted octanol–water partition coefficient (Wildman–Crippen LogP) is 0.860. The van der Waals surface area contributed by atoms with Crippen molar-refractivity contribution in [1.29, 1.82) is 0 Å². The Morgan fingerprint density at radius 1 is 1.09 bits per heavy atom. The van der Waals surface area contributed by atoms with Crippen molar-refractivity contribution in [2.24, 2.45) is 0 Å². The van der Waals surface area contributed by atoms with Crippen molar-refractivity contribution in [1.82, 2.24) is 0 Å². The molecule has 0 heterocycles. The van der Waals surface area contributed by atoms with Crippen molar-refractivity contribution < 1.29 is 16.8 Å². The van der Waals surface area contributed by atoms with Crippen molar-refractivity contribution in [3.63, 3.8) is 0 Å². The zero-order valence-corrected chi connectivity index (χ0v) is 8.63. The molecule has 0 radical (unpaired) electrons. The van der Waals surface area contributed by atoms with Crippen LogP contribution in [0.4, 0.5) is 0 Å². The minimum absolute atomic E-state index is 0.155. The highest BCUT2D eigenvalue weighted by atomic mass is 35.7. The van der Waals surface area contributed by atoms with Gasteiger partial charge in [0.15, 0.2) is 4.58 Å². The van der Waals surface area contributed by atoms with Gasteiger partial charge in [0.05, 0.1) is 0 Å². The maximum atomic E-state index is 10.5. The summed E-state index contributed by atoms with van der Waals surface area (Å²) in [7, 11) is 1.34. The van der Waals surface area contributed by atoms with E-state index in [1.54, 1.807) is 0 Å². The first-order valence-corrected chi connectivity index (χ1v) is 7.31. The highest BCUT2D eigenvalue weighted by molar-refractivity contribution is 8.28. The first-order valence-electron chi connectivity index (χ1n) is 2.56. The first-order chi connectivity index (χ1) is 4.69. The van der Waals surface area contributed by atoms with Crippen LogP contribution in [-0.4, -0.2) is 21.4 Å². The van der Waals surface area contributed by atoms with Crippen LogP contribution in [0, 0.1) is 0 Å². The lowest BCUT2D eigenvalue weighted by Gasteiger charge is -2.04. The van der Waals surface area contributed by atoms with E-state index in [4.69, 9.17) is 21.4 Å². The van der Waals surface area contributed by atoms with Gasteiger partial charge in [-0.15, -0.1) is 0 Å². The van der Waals surface area contributed by atoms with Crippen molar-refractivity contribution in [3.8, 4) is 0 Å². The van der Waals surface area contributed by atoms with Crippen LogP contribution >= 0.6 is 21.4 Å². The lowest BCUT2D eigenvalue weighted by molar-refractivity contribution is 0.588. The summed E-state index contributed by atoms with van der Waals surface area (Å²) in [6, 6.07) is 0. The maximum Gasteiger partial charge on any atom is 0.251 e. The Labute approximate surface area is 74.3 Å². The largest absolute Gasteiger partial charge is 0.251 e. The van der Waals surface area contributed by atoms with E-state index >= 15 is 0 Å². The van der Waals surface area contributed by atoms with Gasteiger partial charge in [0, 0.05) is 21.4 Å². The standard InChI is InChI=1S/C3H6Cl2O4S2/c1-2-3(10(4,6)7)11(5,8)9/h3H,2H2,1H3. The molecule has 0 N–H and O–H groups in total. The molecule has 0 unspecified atom stereocenters. The first kappa shape index (κ1) is 11.5. The Balaban J connectivity index is 5.05. The maximum absolute atomic E-state index is 10.5. The molecule has 8 heteroatoms. The second-order valence-corrected chi connectivity index (χ2v) is 7.71. The number of halogens is 2. The van der Waals surface area contributed by atoms with Gasteiger partial charge in [-0.25, -0.2) is 16.8 Å². The van der Waals surface area contributed by atoms with Gasteiger partial charge in [-0.1, -0.05) is 6.92 Å². The van der Waals surface area contributed by atoms with Gasteiger partial charge in [-0.2, -0.15) is 0 Å². The summed E-state index contributed by atoms with van der Waals surface area (Å²) >= 11 is 0. The van der Waals surface area contributed by atoms with E-state index in [2.05, 4.69) is 0 Å². The molecular formula is C3H6Cl2O4S2. The van der Waals surface area contributed by atoms with Crippen LogP contribution in [0.5, 0.6) is 0 Å². The highest BCUT2D eigenvalue weighted by Crippen LogP contribution is 2.20. The van der Waals surface area contributed by atoms with E-state index in [1.165, 1.54) is 6.92 Å². The van der Waals surface area contributed by atoms with E-state index in [0.717, 1.165) is 0 Å². The fourth-order valence-electron chi connectivity index (χ4n) is 0.535. The fraction of sp³-hybridized carbons (Fsp3) is 1.00. The van der Waals surface area contributed by atoms with Crippen LogP contribution in [0.25, 0.3) is 0 Å². The Hall–Kier alpha value is 0.480. The van der Waals surface area contributed by atoms with Crippen LogP contribution in [0.15, 0.2) is 0 Å². The van der Waals surface area contributed by atoms with Gasteiger partial charge in [0.1, 0.15) is 0 Å². The molecule has 0 spiro atoms. The van der Waals surface area contributed by atoms with E-state index in [9.17, 15) is 16.8 Å². The molecule has 0 amide bonds. The zero-order valence-electron chi connectivity index (χ0n) is 5.49. The molecule has 0 aliphatic rings. The third-order valence-corrected chi connectivity index (χ3v) is 6.33. The molecular weight excluding hydrogens is 235 g/mol. The normalized spacial score (nSPS) is 13.8. The third kappa shape index (κ3) is 3.59. The minimum atomic E-state index is -4.12. The summed E-state index contributed by atoms with van der Waals surface area (Å²) in [5.74, 6) is 0. The molecule has 0 aliphatic heterocycles. The van der Waals surface area contributed by atoms with Gasteiger partial charge in [0.25, 0.3) is 18.1 Å². The third-order valence-electron chi connectivity index (χ3n) is 0.961. The molecule has 0 aromatic rings. The van der Waals surface area contributed by atoms with Gasteiger partial charge >= 0.3 is 0 Å². The molecule has 0 aliphatic carbocycles. The Morgan fingerprint density at radius 2 is 1.36 bits per heavy atom. The fourth-order valence-corrected chi connectivity index (χ4v) is 5.24. The molecule has 0 saturated heterocycles. The van der Waals surface area contributed by atoms with Crippen LogP contribution in [-0.2, 0) is 18.1 Å². The molecule has 0 rings (SSSR count). The van der Waals surface area contributed by atoms with Gasteiger partial charge < -0.3 is 0 Å². The van der Waals surface area contributed by atoms with Crippen LogP contribution in [0.1, 0.15) is 13.3 Å². The van der Waals surface area contributed by atoms with Crippen LogP contribution in [0.3, 0.4) is 0 Å². The van der Waals surface area contributed by atoms with Crippen molar-refractivity contribution in [2.45, 2.75) is 17.9 Å². The SMILES string of the molecule is CCC(S(=O)(=O)Cl)S(=O)(=O)Cl. The lowest BCUT2D eigenvalue weighted by atomic mass is 10.6. The molecule has 0 aromatic carbocycles. The van der Waals surface area contributed by atoms with Crippen LogP contribution in [0.2, 0.25) is 0 Å². The van der Waals surface area contributed by atoms with E-state index in [0.29, 0.717) is 0 Å². The average Bonchev–Trinajstić information content (AvgIpc) is 1.56. The molecule has 68 valence electrons. The van der Waals surface area contributed by atoms with E-state index in [-0.39, 0.29) is 6.42 Å². The molecule has 0 fully saturated rings. The van der Waals surface area contributed by atoms with Crippen molar-refractivity contribution in [2.75, 3.05) is 0 Å². The van der Waals surface area contributed by atoms with Crippen LogP contribution < -0.4 is 0 Å². The number of hydrogen-bond donors (Lipinski definition) is 0. The van der Waals surface area contributed by atoms with Crippen molar-refractivity contribution in [3.05, 3.63) is 0 Å². The van der Waals surface area contributed by atoms with Gasteiger partial charge in [-0.3, -0.25) is 0 Å². The van der Waals surface area contributed by atoms with Gasteiger partial charge in [-0.05, 0) is 6.42 Å². The highest BCUT2D eigenvalue weighted by Gasteiger charge is 2.33.